The summed E-state index contributed by atoms with van der Waals surface area (Å²) in [6.07, 6.45) is 0.599. The Bertz CT molecular complexity index is 2020. The first-order valence-corrected chi connectivity index (χ1v) is 15.4. The summed E-state index contributed by atoms with van der Waals surface area (Å²) in [4.78, 5) is 67.4. The van der Waals surface area contributed by atoms with Gasteiger partial charge in [-0.2, -0.15) is 5.10 Å². The molecule has 13 heteroatoms. The van der Waals surface area contributed by atoms with Crippen molar-refractivity contribution >= 4 is 34.4 Å². The predicted molar refractivity (Wildman–Crippen MR) is 165 cm³/mol. The molecule has 3 aliphatic rings. The molecule has 0 saturated carbocycles. The van der Waals surface area contributed by atoms with E-state index in [-0.39, 0.29) is 36.1 Å². The summed E-state index contributed by atoms with van der Waals surface area (Å²) in [6.45, 7) is 2.07. The van der Waals surface area contributed by atoms with Crippen LogP contribution in [0.3, 0.4) is 0 Å². The Hall–Kier alpha value is -5.30. The minimum atomic E-state index is -0.827. The van der Waals surface area contributed by atoms with Crippen molar-refractivity contribution in [2.24, 2.45) is 0 Å². The zero-order chi connectivity index (χ0) is 32.8. The number of halogens is 2. The SMILES string of the molecule is O=C1CCC(N2Cc3cc(CN4CCN(C(=O)c5cc(Cc6n[nH]c(=O)c7ccccc67)ccc5F)CC4)cc(F)c3C2=O)C(=O)N1. The van der Waals surface area contributed by atoms with Gasteiger partial charge in [0.15, 0.2) is 0 Å². The van der Waals surface area contributed by atoms with Gasteiger partial charge in [0.05, 0.1) is 22.2 Å². The van der Waals surface area contributed by atoms with Crippen molar-refractivity contribution in [3.05, 3.63) is 110 Å². The van der Waals surface area contributed by atoms with E-state index in [9.17, 15) is 28.4 Å². The molecule has 0 radical (unpaired) electrons. The molecule has 2 fully saturated rings. The predicted octanol–water partition coefficient (Wildman–Crippen LogP) is 2.51. The Kier molecular flexibility index (Phi) is 7.84. The minimum absolute atomic E-state index is 0.0457. The van der Waals surface area contributed by atoms with E-state index in [0.29, 0.717) is 72.3 Å². The summed E-state index contributed by atoms with van der Waals surface area (Å²) >= 11 is 0. The number of aromatic nitrogens is 2. The number of carbonyl (C=O) groups is 4. The minimum Gasteiger partial charge on any atom is -0.336 e. The fourth-order valence-corrected chi connectivity index (χ4v) is 6.70. The van der Waals surface area contributed by atoms with Gasteiger partial charge in [-0.3, -0.25) is 34.2 Å². The lowest BCUT2D eigenvalue weighted by Crippen LogP contribution is -2.52. The number of aromatic amines is 1. The maximum absolute atomic E-state index is 15.2. The highest BCUT2D eigenvalue weighted by molar-refractivity contribution is 6.05. The number of nitrogens with one attached hydrogen (secondary N) is 2. The highest BCUT2D eigenvalue weighted by Gasteiger charge is 2.40. The van der Waals surface area contributed by atoms with Crippen molar-refractivity contribution in [1.29, 1.82) is 0 Å². The number of nitrogens with zero attached hydrogens (tertiary/aromatic N) is 4. The molecular formula is C34H30F2N6O5. The molecule has 4 heterocycles. The van der Waals surface area contributed by atoms with Gasteiger partial charge in [-0.1, -0.05) is 30.3 Å². The summed E-state index contributed by atoms with van der Waals surface area (Å²) in [7, 11) is 0. The molecule has 0 spiro atoms. The van der Waals surface area contributed by atoms with Gasteiger partial charge in [-0.25, -0.2) is 13.9 Å². The monoisotopic (exact) mass is 640 g/mol. The van der Waals surface area contributed by atoms with Crippen molar-refractivity contribution in [1.82, 2.24) is 30.2 Å². The molecule has 2 saturated heterocycles. The molecule has 1 aromatic heterocycles. The number of hydrogen-bond acceptors (Lipinski definition) is 7. The van der Waals surface area contributed by atoms with Crippen molar-refractivity contribution in [2.45, 2.75) is 38.4 Å². The topological polar surface area (TPSA) is 136 Å². The number of H-pyrrole nitrogens is 1. The zero-order valence-electron chi connectivity index (χ0n) is 25.2. The second-order valence-corrected chi connectivity index (χ2v) is 12.1. The van der Waals surface area contributed by atoms with E-state index in [0.717, 1.165) is 0 Å². The van der Waals surface area contributed by atoms with E-state index in [1.165, 1.54) is 23.1 Å². The van der Waals surface area contributed by atoms with Crippen LogP contribution in [0, 0.1) is 11.6 Å². The number of hydrogen-bond donors (Lipinski definition) is 2. The lowest BCUT2D eigenvalue weighted by atomic mass is 10.0. The van der Waals surface area contributed by atoms with E-state index in [1.54, 1.807) is 35.2 Å². The first kappa shape index (κ1) is 30.4. The number of piperazine rings is 1. The first-order valence-electron chi connectivity index (χ1n) is 15.4. The van der Waals surface area contributed by atoms with E-state index in [4.69, 9.17) is 0 Å². The van der Waals surface area contributed by atoms with Gasteiger partial charge >= 0.3 is 0 Å². The highest BCUT2D eigenvalue weighted by atomic mass is 19.1. The Balaban J connectivity index is 0.998. The number of rotatable bonds is 6. The average Bonchev–Trinajstić information content (AvgIpc) is 3.39. The van der Waals surface area contributed by atoms with Crippen LogP contribution >= 0.6 is 0 Å². The molecule has 0 aliphatic carbocycles. The van der Waals surface area contributed by atoms with Gasteiger partial charge in [0, 0.05) is 57.5 Å². The number of imide groups is 1. The summed E-state index contributed by atoms with van der Waals surface area (Å²) < 4.78 is 30.1. The normalized spacial score (nSPS) is 18.5. The molecule has 3 aromatic carbocycles. The smallest absolute Gasteiger partial charge is 0.272 e. The first-order chi connectivity index (χ1) is 22.7. The van der Waals surface area contributed by atoms with Crippen LogP contribution in [0.15, 0.2) is 59.4 Å². The van der Waals surface area contributed by atoms with Crippen molar-refractivity contribution < 1.29 is 28.0 Å². The number of benzene rings is 3. The van der Waals surface area contributed by atoms with Crippen LogP contribution in [0.1, 0.15) is 55.9 Å². The van der Waals surface area contributed by atoms with Crippen molar-refractivity contribution in [2.75, 3.05) is 26.2 Å². The van der Waals surface area contributed by atoms with Crippen LogP contribution in [0.4, 0.5) is 8.78 Å². The van der Waals surface area contributed by atoms with Crippen LogP contribution in [-0.4, -0.2) is 80.7 Å². The van der Waals surface area contributed by atoms with Gasteiger partial charge in [0.25, 0.3) is 17.4 Å². The quantitative estimate of drug-likeness (QED) is 0.309. The van der Waals surface area contributed by atoms with E-state index < -0.39 is 41.3 Å². The third-order valence-corrected chi connectivity index (χ3v) is 9.11. The Morgan fingerprint density at radius 3 is 2.43 bits per heavy atom. The molecule has 7 rings (SSSR count). The molecule has 240 valence electrons. The molecule has 0 bridgehead atoms. The van der Waals surface area contributed by atoms with E-state index >= 15 is 4.39 Å². The number of fused-ring (bicyclic) bond motifs is 2. The molecule has 1 atom stereocenters. The third kappa shape index (κ3) is 5.78. The third-order valence-electron chi connectivity index (χ3n) is 9.11. The van der Waals surface area contributed by atoms with Crippen molar-refractivity contribution in [3.8, 4) is 0 Å². The van der Waals surface area contributed by atoms with Gasteiger partial charge in [0.2, 0.25) is 11.8 Å². The fourth-order valence-electron chi connectivity index (χ4n) is 6.70. The van der Waals surface area contributed by atoms with Crippen LogP contribution in [0.25, 0.3) is 10.8 Å². The molecule has 47 heavy (non-hydrogen) atoms. The van der Waals surface area contributed by atoms with E-state index in [1.807, 2.05) is 6.07 Å². The summed E-state index contributed by atoms with van der Waals surface area (Å²) in [5, 5.41) is 10.1. The molecule has 4 amide bonds. The van der Waals surface area contributed by atoms with Crippen LogP contribution in [0.5, 0.6) is 0 Å². The Morgan fingerprint density at radius 2 is 1.66 bits per heavy atom. The van der Waals surface area contributed by atoms with Gasteiger partial charge in [0.1, 0.15) is 17.7 Å². The molecule has 1 unspecified atom stereocenters. The molecule has 4 aromatic rings. The summed E-state index contributed by atoms with van der Waals surface area (Å²) in [5.74, 6) is -3.23. The van der Waals surface area contributed by atoms with E-state index in [2.05, 4.69) is 20.4 Å². The fraction of sp³-hybridized carbons (Fsp3) is 0.294. The van der Waals surface area contributed by atoms with Crippen LogP contribution in [0.2, 0.25) is 0 Å². The highest BCUT2D eigenvalue weighted by Crippen LogP contribution is 2.31. The molecule has 3 aliphatic heterocycles. The molecule has 2 N–H and O–H groups in total. The number of carbonyl (C=O) groups excluding carboxylic acids is 4. The zero-order valence-corrected chi connectivity index (χ0v) is 25.2. The average molecular weight is 641 g/mol. The Morgan fingerprint density at radius 1 is 0.894 bits per heavy atom. The number of piperidine rings is 1. The Labute approximate surface area is 267 Å². The molecule has 11 nitrogen and oxygen atoms in total. The second-order valence-electron chi connectivity index (χ2n) is 12.1. The second kappa shape index (κ2) is 12.1. The number of amides is 4. The maximum Gasteiger partial charge on any atom is 0.272 e. The maximum atomic E-state index is 15.2. The van der Waals surface area contributed by atoms with Gasteiger partial charge in [-0.05, 0) is 47.4 Å². The summed E-state index contributed by atoms with van der Waals surface area (Å²) in [6, 6.07) is 13.7. The van der Waals surface area contributed by atoms with Gasteiger partial charge in [-0.15, -0.1) is 0 Å². The molecular weight excluding hydrogens is 610 g/mol. The van der Waals surface area contributed by atoms with Crippen molar-refractivity contribution in [3.63, 3.8) is 0 Å². The lowest BCUT2D eigenvalue weighted by molar-refractivity contribution is -0.136. The summed E-state index contributed by atoms with van der Waals surface area (Å²) in [5.41, 5.74) is 2.02. The van der Waals surface area contributed by atoms with Crippen LogP contribution in [-0.2, 0) is 29.1 Å². The standard InChI is InChI=1S/C34H30F2N6O5/c35-25-6-5-19(16-27-22-3-1-2-4-23(22)31(44)39-38-27)14-24(25)33(46)41-11-9-40(10-12-41)17-20-13-21-18-42(34(47)30(21)26(36)15-20)28-7-8-29(43)37-32(28)45/h1-6,13-15,28H,7-12,16-18H2,(H,39,44)(H,37,43,45). The van der Waals surface area contributed by atoms with Gasteiger partial charge < -0.3 is 9.80 Å². The largest absolute Gasteiger partial charge is 0.336 e. The lowest BCUT2D eigenvalue weighted by Gasteiger charge is -2.35. The van der Waals surface area contributed by atoms with Crippen LogP contribution < -0.4 is 10.9 Å².